The van der Waals surface area contributed by atoms with Crippen LogP contribution in [0.1, 0.15) is 56.9 Å². The summed E-state index contributed by atoms with van der Waals surface area (Å²) in [4.78, 5) is 2.57. The maximum Gasteiger partial charge on any atom is 0.276 e. The van der Waals surface area contributed by atoms with Crippen LogP contribution in [0.25, 0.3) is 0 Å². The van der Waals surface area contributed by atoms with Gasteiger partial charge in [-0.25, -0.2) is 9.11 Å². The molecule has 0 amide bonds. The van der Waals surface area contributed by atoms with Gasteiger partial charge in [0.25, 0.3) is 10.2 Å². The second-order valence-electron chi connectivity index (χ2n) is 8.91. The average Bonchev–Trinajstić information content (AvgIpc) is 2.73. The van der Waals surface area contributed by atoms with Crippen LogP contribution in [0.2, 0.25) is 0 Å². The minimum absolute atomic E-state index is 0.0795. The molecule has 1 saturated heterocycles. The molecular formula is C22H35BrFN3O2S. The van der Waals surface area contributed by atoms with Gasteiger partial charge in [0.1, 0.15) is 5.82 Å². The van der Waals surface area contributed by atoms with E-state index in [0.29, 0.717) is 5.92 Å². The summed E-state index contributed by atoms with van der Waals surface area (Å²) < 4.78 is 42.8. The van der Waals surface area contributed by atoms with Crippen molar-refractivity contribution < 1.29 is 12.8 Å². The Morgan fingerprint density at radius 3 is 2.47 bits per heavy atom. The summed E-state index contributed by atoms with van der Waals surface area (Å²) in [7, 11) is -1.88. The van der Waals surface area contributed by atoms with Gasteiger partial charge in [0.05, 0.1) is 0 Å². The van der Waals surface area contributed by atoms with Gasteiger partial charge in [-0.3, -0.25) is 0 Å². The lowest BCUT2D eigenvalue weighted by Gasteiger charge is -2.33. The molecule has 2 N–H and O–H groups in total. The molecule has 0 bridgehead atoms. The fourth-order valence-electron chi connectivity index (χ4n) is 4.88. The first kappa shape index (κ1) is 24.1. The van der Waals surface area contributed by atoms with Crippen molar-refractivity contribution in [3.8, 4) is 0 Å². The molecular weight excluding hydrogens is 469 g/mol. The molecule has 0 unspecified atom stereocenters. The van der Waals surface area contributed by atoms with Gasteiger partial charge in [0.2, 0.25) is 0 Å². The molecule has 30 heavy (non-hydrogen) atoms. The number of hydrogen-bond acceptors (Lipinski definition) is 3. The van der Waals surface area contributed by atoms with Crippen LogP contribution < -0.4 is 9.44 Å². The zero-order chi connectivity index (χ0) is 21.6. The Kier molecular flexibility index (Phi) is 9.13. The molecule has 0 spiro atoms. The molecule has 3 rings (SSSR count). The Morgan fingerprint density at radius 1 is 1.10 bits per heavy atom. The van der Waals surface area contributed by atoms with Crippen LogP contribution in [-0.2, 0) is 16.6 Å². The number of halogens is 2. The molecule has 0 radical (unpaired) electrons. The first-order valence-corrected chi connectivity index (χ1v) is 13.5. The highest BCUT2D eigenvalue weighted by Gasteiger charge is 2.25. The summed E-state index contributed by atoms with van der Waals surface area (Å²) in [5.41, 5.74) is 1.08. The topological polar surface area (TPSA) is 61.4 Å². The molecule has 1 aliphatic heterocycles. The van der Waals surface area contributed by atoms with E-state index in [1.165, 1.54) is 38.8 Å². The van der Waals surface area contributed by atoms with Crippen LogP contribution in [-0.4, -0.2) is 46.0 Å². The summed E-state index contributed by atoms with van der Waals surface area (Å²) in [5, 5.41) is 0. The van der Waals surface area contributed by atoms with Gasteiger partial charge in [-0.2, -0.15) is 13.1 Å². The Bertz CT molecular complexity index is 777. The highest BCUT2D eigenvalue weighted by atomic mass is 79.9. The van der Waals surface area contributed by atoms with E-state index >= 15 is 0 Å². The fraction of sp³-hybridized carbons (Fsp3) is 0.727. The first-order valence-electron chi connectivity index (χ1n) is 11.2. The van der Waals surface area contributed by atoms with E-state index in [1.54, 1.807) is 6.07 Å². The zero-order valence-electron chi connectivity index (χ0n) is 17.9. The molecule has 1 saturated carbocycles. The van der Waals surface area contributed by atoms with Gasteiger partial charge in [0.15, 0.2) is 0 Å². The third kappa shape index (κ3) is 7.55. The summed E-state index contributed by atoms with van der Waals surface area (Å²) in [6.45, 7) is 3.43. The van der Waals surface area contributed by atoms with E-state index < -0.39 is 10.2 Å². The minimum atomic E-state index is -3.33. The third-order valence-corrected chi connectivity index (χ3v) is 8.70. The van der Waals surface area contributed by atoms with Crippen LogP contribution in [0, 0.1) is 17.7 Å². The van der Waals surface area contributed by atoms with Crippen molar-refractivity contribution in [2.75, 3.05) is 26.7 Å². The SMILES string of the molecule is CNS(=O)(=O)NC1CCC(CCCN2CCC(Cc3cc(F)ccc3Br)CC2)CC1. The number of hydrogen-bond donors (Lipinski definition) is 2. The van der Waals surface area contributed by atoms with Gasteiger partial charge in [-0.05, 0) is 113 Å². The largest absolute Gasteiger partial charge is 0.303 e. The molecule has 2 aliphatic rings. The lowest BCUT2D eigenvalue weighted by atomic mass is 9.83. The summed E-state index contributed by atoms with van der Waals surface area (Å²) in [6, 6.07) is 5.05. The molecule has 8 heteroatoms. The number of likely N-dealkylation sites (tertiary alicyclic amines) is 1. The van der Waals surface area contributed by atoms with Gasteiger partial charge >= 0.3 is 0 Å². The maximum absolute atomic E-state index is 13.5. The molecule has 1 aliphatic carbocycles. The van der Waals surface area contributed by atoms with E-state index in [2.05, 4.69) is 30.3 Å². The van der Waals surface area contributed by atoms with Crippen molar-refractivity contribution in [1.82, 2.24) is 14.3 Å². The quantitative estimate of drug-likeness (QED) is 0.529. The van der Waals surface area contributed by atoms with Gasteiger partial charge in [0, 0.05) is 17.6 Å². The second kappa shape index (κ2) is 11.4. The molecule has 1 aromatic carbocycles. The van der Waals surface area contributed by atoms with Gasteiger partial charge in [-0.15, -0.1) is 0 Å². The van der Waals surface area contributed by atoms with Crippen molar-refractivity contribution in [1.29, 1.82) is 0 Å². The number of benzene rings is 1. The Hall–Kier alpha value is -0.540. The average molecular weight is 505 g/mol. The van der Waals surface area contributed by atoms with Crippen molar-refractivity contribution in [3.05, 3.63) is 34.1 Å². The summed E-state index contributed by atoms with van der Waals surface area (Å²) in [5.74, 6) is 1.21. The Morgan fingerprint density at radius 2 is 1.80 bits per heavy atom. The van der Waals surface area contributed by atoms with Gasteiger partial charge in [-0.1, -0.05) is 15.9 Å². The van der Waals surface area contributed by atoms with Crippen LogP contribution in [0.3, 0.4) is 0 Å². The van der Waals surface area contributed by atoms with E-state index in [1.807, 2.05) is 6.07 Å². The standard InChI is InChI=1S/C22H35BrFN3O2S/c1-25-30(28,29)26-21-7-4-17(5-8-21)3-2-12-27-13-10-18(11-14-27)15-19-16-20(24)6-9-22(19)23/h6,9,16-18,21,25-26H,2-5,7-8,10-15H2,1H3. The van der Waals surface area contributed by atoms with Crippen LogP contribution in [0.4, 0.5) is 4.39 Å². The highest BCUT2D eigenvalue weighted by molar-refractivity contribution is 9.10. The van der Waals surface area contributed by atoms with Crippen LogP contribution in [0.15, 0.2) is 22.7 Å². The lowest BCUT2D eigenvalue weighted by molar-refractivity contribution is 0.175. The van der Waals surface area contributed by atoms with Crippen molar-refractivity contribution in [3.63, 3.8) is 0 Å². The van der Waals surface area contributed by atoms with Crippen LogP contribution >= 0.6 is 15.9 Å². The minimum Gasteiger partial charge on any atom is -0.303 e. The molecule has 2 fully saturated rings. The zero-order valence-corrected chi connectivity index (χ0v) is 20.3. The van der Waals surface area contributed by atoms with E-state index in [-0.39, 0.29) is 11.9 Å². The molecule has 5 nitrogen and oxygen atoms in total. The van der Waals surface area contributed by atoms with Crippen molar-refractivity contribution in [2.45, 2.75) is 63.8 Å². The number of nitrogens with one attached hydrogen (secondary N) is 2. The molecule has 170 valence electrons. The smallest absolute Gasteiger partial charge is 0.276 e. The fourth-order valence-corrected chi connectivity index (χ4v) is 6.08. The van der Waals surface area contributed by atoms with E-state index in [0.717, 1.165) is 67.7 Å². The summed E-state index contributed by atoms with van der Waals surface area (Å²) in [6.07, 6.45) is 9.87. The van der Waals surface area contributed by atoms with Crippen LogP contribution in [0.5, 0.6) is 0 Å². The summed E-state index contributed by atoms with van der Waals surface area (Å²) >= 11 is 3.55. The number of nitrogens with zero attached hydrogens (tertiary/aromatic N) is 1. The highest BCUT2D eigenvalue weighted by Crippen LogP contribution is 2.29. The molecule has 1 aromatic rings. The molecule has 1 heterocycles. The predicted molar refractivity (Wildman–Crippen MR) is 123 cm³/mol. The normalized spacial score (nSPS) is 24.2. The predicted octanol–water partition coefficient (Wildman–Crippen LogP) is 4.24. The Balaban J connectivity index is 1.30. The van der Waals surface area contributed by atoms with Gasteiger partial charge < -0.3 is 4.90 Å². The molecule has 0 aromatic heterocycles. The Labute approximate surface area is 189 Å². The number of rotatable bonds is 9. The third-order valence-electron chi connectivity index (χ3n) is 6.75. The monoisotopic (exact) mass is 503 g/mol. The van der Waals surface area contributed by atoms with E-state index in [9.17, 15) is 12.8 Å². The second-order valence-corrected chi connectivity index (χ2v) is 11.4. The first-order chi connectivity index (χ1) is 14.3. The van der Waals surface area contributed by atoms with Crippen molar-refractivity contribution >= 4 is 26.1 Å². The lowest BCUT2D eigenvalue weighted by Crippen LogP contribution is -2.42. The maximum atomic E-state index is 13.5. The molecule has 0 atom stereocenters. The number of piperidine rings is 1. The van der Waals surface area contributed by atoms with E-state index in [4.69, 9.17) is 0 Å². The van der Waals surface area contributed by atoms with Crippen molar-refractivity contribution in [2.24, 2.45) is 11.8 Å².